The number of hydrogen-bond donors (Lipinski definition) is 1. The molecule has 0 radical (unpaired) electrons. The molecule has 0 aromatic heterocycles. The second-order valence-electron chi connectivity index (χ2n) is 39.5. The quantitative estimate of drug-likeness (QED) is 0.0294. The average molecular weight is 1960 g/mol. The molecule has 0 saturated heterocycles. The van der Waals surface area contributed by atoms with E-state index in [2.05, 4.69) is 421 Å². The number of rotatable bonds is 49. The van der Waals surface area contributed by atoms with Gasteiger partial charge in [-0.25, -0.2) is 0 Å². The van der Waals surface area contributed by atoms with E-state index in [0.29, 0.717) is 72.3 Å². The number of nitrogens with zero attached hydrogens (tertiary/aromatic N) is 7. The standard InChI is InChI=1S/2C41H61N3O2P.C21H23NP.C10H20ClNO.BrH.ClH/c2*1-33(2)27-43(28-34(3)4)40(45)31-42(32-41(46)44(29-35(5)6)30-36(7)8)25-18-26-47(37-19-12-9-13-20-37,38-21-14-10-15-22-38)39-23-16-11-17-24-39;22-17-10-18-23(19-11-4-1-5-12-19,20-13-6-2-7-14-20)21-15-8-3-9-16-21;1-8(2)6-12(7-9(3)4)10(13)5-11;;/h2*9-17,19-24,33-36H,18,25-32H2,1-8H3;1-9,11-16H,10,17-18,22H2;8-9H,5-7H2,1-4H3;2*1H/q3*+1;;;/p-2. The maximum atomic E-state index is 13.9. The minimum Gasteiger partial charge on any atom is -1.00 e. The molecule has 13 nitrogen and oxygen atoms in total. The van der Waals surface area contributed by atoms with E-state index in [9.17, 15) is 24.0 Å². The lowest BCUT2D eigenvalue weighted by atomic mass is 10.1. The number of nitrogens with two attached hydrogens (primary N) is 1. The summed E-state index contributed by atoms with van der Waals surface area (Å²) in [6.45, 7) is 53.7. The van der Waals surface area contributed by atoms with Gasteiger partial charge < -0.3 is 59.6 Å². The van der Waals surface area contributed by atoms with Crippen LogP contribution < -0.4 is 82.9 Å². The molecule has 0 heterocycles. The fourth-order valence-electron chi connectivity index (χ4n) is 17.5. The van der Waals surface area contributed by atoms with Crippen LogP contribution in [-0.4, -0.2) is 199 Å². The maximum absolute atomic E-state index is 13.9. The van der Waals surface area contributed by atoms with Crippen LogP contribution in [0.4, 0.5) is 0 Å². The summed E-state index contributed by atoms with van der Waals surface area (Å²) < 4.78 is 0. The number of carbonyl (C=O) groups excluding carboxylic acids is 5. The van der Waals surface area contributed by atoms with E-state index in [1.54, 1.807) is 0 Å². The summed E-state index contributed by atoms with van der Waals surface area (Å²) >= 11 is 5.52. The molecule has 0 aliphatic heterocycles. The third kappa shape index (κ3) is 39.0. The minimum atomic E-state index is -2.01. The topological polar surface area (TPSA) is 134 Å². The molecule has 0 atom stereocenters. The van der Waals surface area contributed by atoms with Crippen LogP contribution >= 0.6 is 33.4 Å². The Balaban J connectivity index is 0.000000400. The van der Waals surface area contributed by atoms with Crippen molar-refractivity contribution >= 4 is 111 Å². The van der Waals surface area contributed by atoms with Gasteiger partial charge in [-0.1, -0.05) is 302 Å². The lowest BCUT2D eigenvalue weighted by molar-refractivity contribution is -0.138. The van der Waals surface area contributed by atoms with Crippen molar-refractivity contribution in [1.29, 1.82) is 0 Å². The van der Waals surface area contributed by atoms with E-state index in [-0.39, 0.29) is 91.0 Å². The highest BCUT2D eigenvalue weighted by atomic mass is 79.9. The summed E-state index contributed by atoms with van der Waals surface area (Å²) in [7, 11) is -5.67. The van der Waals surface area contributed by atoms with Crippen LogP contribution in [0.25, 0.3) is 0 Å². The van der Waals surface area contributed by atoms with Crippen LogP contribution in [0.15, 0.2) is 273 Å². The van der Waals surface area contributed by atoms with Crippen molar-refractivity contribution in [3.8, 4) is 0 Å². The Kier molecular flexibility index (Phi) is 55.2. The van der Waals surface area contributed by atoms with Gasteiger partial charge in [-0.05, 0) is 194 Å². The Labute approximate surface area is 823 Å². The largest absolute Gasteiger partial charge is 1.00 e. The number of carbonyl (C=O) groups is 5. The van der Waals surface area contributed by atoms with E-state index in [0.717, 1.165) is 110 Å². The van der Waals surface area contributed by atoms with Crippen molar-refractivity contribution in [2.75, 3.05) is 136 Å². The zero-order valence-corrected chi connectivity index (χ0v) is 89.7. The van der Waals surface area contributed by atoms with E-state index >= 15 is 0 Å². The first-order chi connectivity index (χ1) is 62.2. The third-order valence-corrected chi connectivity index (χ3v) is 36.4. The van der Waals surface area contributed by atoms with Crippen molar-refractivity contribution in [3.63, 3.8) is 0 Å². The first-order valence-corrected chi connectivity index (χ1v) is 54.9. The fourth-order valence-corrected chi connectivity index (χ4v) is 30.7. The lowest BCUT2D eigenvalue weighted by Gasteiger charge is -2.33. The van der Waals surface area contributed by atoms with Crippen LogP contribution in [0, 0.1) is 59.2 Å². The molecule has 9 aromatic rings. The zero-order chi connectivity index (χ0) is 95.2. The summed E-state index contributed by atoms with van der Waals surface area (Å²) in [5.74, 6) is 4.70. The predicted octanol–water partition coefficient (Wildman–Crippen LogP) is 13.6. The number of halogens is 3. The highest BCUT2D eigenvalue weighted by molar-refractivity contribution is 7.96. The summed E-state index contributed by atoms with van der Waals surface area (Å²) in [6.07, 6.45) is 5.79. The van der Waals surface area contributed by atoms with Gasteiger partial charge in [0.05, 0.1) is 44.7 Å². The third-order valence-electron chi connectivity index (χ3n) is 22.6. The SMILES string of the molecule is CC(C)CN(CC(C)C)C(=O)CCl.CC(C)CN(CC(C)C)C(=O)CN(CCC[P+](c1ccccc1)(c1ccccc1)c1ccccc1)CC(=O)N(CC(C)C)CC(C)C.CC(C)CN(CC(C)C)C(=O)CN(CCC[P+](c1ccccc1)(c1ccccc1)c1ccccc1)CC(=O)N(CC(C)C)CC(C)C.NCCC[P+](c1ccccc1)(c1ccccc1)c1ccccc1.[Br-].[Cl-]. The molecule has 0 aliphatic rings. The smallest absolute Gasteiger partial charge is 0.237 e. The lowest BCUT2D eigenvalue weighted by Crippen LogP contribution is -3.00. The monoisotopic (exact) mass is 1960 g/mol. The number of hydrogen-bond acceptors (Lipinski definition) is 8. The van der Waals surface area contributed by atoms with Crippen molar-refractivity contribution in [1.82, 2.24) is 34.3 Å². The number of benzene rings is 9. The van der Waals surface area contributed by atoms with E-state index < -0.39 is 21.8 Å². The molecule has 0 aliphatic carbocycles. The second kappa shape index (κ2) is 62.3. The van der Waals surface area contributed by atoms with Gasteiger partial charge >= 0.3 is 0 Å². The predicted molar refractivity (Wildman–Crippen MR) is 568 cm³/mol. The normalized spacial score (nSPS) is 11.6. The van der Waals surface area contributed by atoms with E-state index in [4.69, 9.17) is 17.3 Å². The molecule has 9 rings (SSSR count). The Bertz CT molecular complexity index is 3970. The Morgan fingerprint density at radius 1 is 0.242 bits per heavy atom. The Morgan fingerprint density at radius 3 is 0.508 bits per heavy atom. The van der Waals surface area contributed by atoms with Gasteiger partial charge in [-0.2, -0.15) is 0 Å². The van der Waals surface area contributed by atoms with Gasteiger partial charge in [0.15, 0.2) is 0 Å². The molecule has 19 heteroatoms. The highest BCUT2D eigenvalue weighted by Gasteiger charge is 2.48. The zero-order valence-electron chi connectivity index (χ0n) is 83.9. The van der Waals surface area contributed by atoms with Gasteiger partial charge in [-0.3, -0.25) is 33.8 Å². The van der Waals surface area contributed by atoms with Crippen LogP contribution in [0.3, 0.4) is 0 Å². The molecule has 722 valence electrons. The molecule has 0 bridgehead atoms. The van der Waals surface area contributed by atoms with Crippen molar-refractivity contribution in [3.05, 3.63) is 273 Å². The highest BCUT2D eigenvalue weighted by Crippen LogP contribution is 2.58. The average Bonchev–Trinajstić information content (AvgIpc) is 0.767. The van der Waals surface area contributed by atoms with Gasteiger partial charge in [0, 0.05) is 78.5 Å². The molecule has 0 fully saturated rings. The van der Waals surface area contributed by atoms with Gasteiger partial charge in [0.25, 0.3) is 0 Å². The molecular weight excluding hydrogens is 1790 g/mol. The Hall–Kier alpha value is -7.44. The van der Waals surface area contributed by atoms with Crippen LogP contribution in [0.5, 0.6) is 0 Å². The van der Waals surface area contributed by atoms with Crippen molar-refractivity contribution in [2.45, 2.75) is 158 Å². The van der Waals surface area contributed by atoms with Crippen molar-refractivity contribution in [2.24, 2.45) is 64.9 Å². The summed E-state index contributed by atoms with van der Waals surface area (Å²) in [5.41, 5.74) is 5.89. The summed E-state index contributed by atoms with van der Waals surface area (Å²) in [6, 6.07) is 98.6. The first kappa shape index (κ1) is 117. The van der Waals surface area contributed by atoms with Crippen LogP contribution in [0.1, 0.15) is 158 Å². The number of amides is 5. The molecule has 0 unspecified atom stereocenters. The summed E-state index contributed by atoms with van der Waals surface area (Å²) in [5, 5.41) is 12.5. The van der Waals surface area contributed by atoms with Crippen molar-refractivity contribution < 1.29 is 53.4 Å². The van der Waals surface area contributed by atoms with E-state index in [1.807, 2.05) is 24.5 Å². The summed E-state index contributed by atoms with van der Waals surface area (Å²) in [4.78, 5) is 81.3. The second-order valence-corrected chi connectivity index (χ2v) is 50.6. The molecule has 0 spiro atoms. The van der Waals surface area contributed by atoms with E-state index in [1.165, 1.54) is 47.7 Å². The van der Waals surface area contributed by atoms with Crippen LogP contribution in [-0.2, 0) is 24.0 Å². The molecule has 9 aromatic carbocycles. The molecule has 5 amide bonds. The first-order valence-electron chi connectivity index (χ1n) is 48.4. The molecule has 132 heavy (non-hydrogen) atoms. The molecule has 2 N–H and O–H groups in total. The van der Waals surface area contributed by atoms with Gasteiger partial charge in [0.2, 0.25) is 29.5 Å². The maximum Gasteiger partial charge on any atom is 0.237 e. The molecular formula is C113H165BrCl2N8O5P3+. The minimum absolute atomic E-state index is 0. The van der Waals surface area contributed by atoms with Gasteiger partial charge in [0.1, 0.15) is 75.4 Å². The van der Waals surface area contributed by atoms with Gasteiger partial charge in [-0.15, -0.1) is 11.6 Å². The van der Waals surface area contributed by atoms with Crippen LogP contribution in [0.2, 0.25) is 0 Å². The molecule has 0 saturated carbocycles. The number of alkyl halides is 1. The Morgan fingerprint density at radius 2 is 0.379 bits per heavy atom. The fraction of sp³-hybridized carbons (Fsp3) is 0.478.